The van der Waals surface area contributed by atoms with Gasteiger partial charge in [0, 0.05) is 24.5 Å². The fourth-order valence-electron chi connectivity index (χ4n) is 3.01. The van der Waals surface area contributed by atoms with E-state index in [1.807, 2.05) is 28.9 Å². The summed E-state index contributed by atoms with van der Waals surface area (Å²) in [5, 5.41) is 3.10. The lowest BCUT2D eigenvalue weighted by atomic mass is 10.00. The first-order chi connectivity index (χ1) is 9.63. The standard InChI is InChI=1S/C15H21ClN4/c1-11-4-3-5-12(2)20(11)17-8-14-10-19-9-13(16)6-7-15(19)18-14/h6-7,9-12,17H,3-5,8H2,1-2H3. The van der Waals surface area contributed by atoms with Crippen molar-refractivity contribution in [2.75, 3.05) is 0 Å². The summed E-state index contributed by atoms with van der Waals surface area (Å²) in [5.41, 5.74) is 5.51. The van der Waals surface area contributed by atoms with E-state index >= 15 is 0 Å². The molecule has 2 atom stereocenters. The van der Waals surface area contributed by atoms with Crippen LogP contribution in [0.3, 0.4) is 0 Å². The molecule has 0 aliphatic carbocycles. The van der Waals surface area contributed by atoms with Crippen LogP contribution >= 0.6 is 11.6 Å². The molecule has 0 aromatic carbocycles. The van der Waals surface area contributed by atoms with E-state index in [0.29, 0.717) is 12.1 Å². The summed E-state index contributed by atoms with van der Waals surface area (Å²) in [7, 11) is 0. The number of hydrazine groups is 1. The number of nitrogens with zero attached hydrogens (tertiary/aromatic N) is 3. The molecule has 0 amide bonds. The Morgan fingerprint density at radius 1 is 1.25 bits per heavy atom. The molecule has 2 unspecified atom stereocenters. The number of halogens is 1. The highest BCUT2D eigenvalue weighted by Crippen LogP contribution is 2.20. The number of piperidine rings is 1. The Bertz CT molecular complexity index is 585. The highest BCUT2D eigenvalue weighted by atomic mass is 35.5. The van der Waals surface area contributed by atoms with Crippen LogP contribution in [0.25, 0.3) is 5.65 Å². The normalized spacial score (nSPS) is 24.4. The molecule has 1 N–H and O–H groups in total. The lowest BCUT2D eigenvalue weighted by Gasteiger charge is -2.38. The van der Waals surface area contributed by atoms with E-state index in [4.69, 9.17) is 11.6 Å². The van der Waals surface area contributed by atoms with Crippen LogP contribution in [0.2, 0.25) is 5.02 Å². The van der Waals surface area contributed by atoms with Gasteiger partial charge in [-0.1, -0.05) is 18.0 Å². The molecule has 2 aromatic rings. The second-order valence-corrected chi connectivity index (χ2v) is 6.15. The Hall–Kier alpha value is -1.10. The average molecular weight is 293 g/mol. The minimum absolute atomic E-state index is 0.588. The highest BCUT2D eigenvalue weighted by Gasteiger charge is 2.24. The molecule has 2 aromatic heterocycles. The van der Waals surface area contributed by atoms with Crippen molar-refractivity contribution in [1.29, 1.82) is 0 Å². The topological polar surface area (TPSA) is 32.6 Å². The molecule has 108 valence electrons. The third-order valence-electron chi connectivity index (χ3n) is 4.10. The van der Waals surface area contributed by atoms with Crippen LogP contribution in [0.1, 0.15) is 38.8 Å². The summed E-state index contributed by atoms with van der Waals surface area (Å²) in [6, 6.07) is 4.99. The van der Waals surface area contributed by atoms with E-state index in [-0.39, 0.29) is 0 Å². The van der Waals surface area contributed by atoms with Gasteiger partial charge >= 0.3 is 0 Å². The Labute approximate surface area is 124 Å². The van der Waals surface area contributed by atoms with Gasteiger partial charge in [-0.3, -0.25) is 0 Å². The number of hydrogen-bond acceptors (Lipinski definition) is 3. The van der Waals surface area contributed by atoms with Crippen LogP contribution in [-0.2, 0) is 6.54 Å². The molecule has 1 saturated heterocycles. The van der Waals surface area contributed by atoms with Gasteiger partial charge in [-0.25, -0.2) is 15.4 Å². The maximum Gasteiger partial charge on any atom is 0.137 e. The smallest absolute Gasteiger partial charge is 0.137 e. The van der Waals surface area contributed by atoms with Crippen LogP contribution in [-0.4, -0.2) is 26.5 Å². The SMILES string of the molecule is CC1CCCC(C)N1NCc1cn2cc(Cl)ccc2n1. The number of pyridine rings is 1. The van der Waals surface area contributed by atoms with Crippen LogP contribution in [0.5, 0.6) is 0 Å². The fourth-order valence-corrected chi connectivity index (χ4v) is 3.18. The first kappa shape index (κ1) is 13.9. The molecular formula is C15H21ClN4. The molecule has 0 saturated carbocycles. The molecule has 3 rings (SSSR count). The fraction of sp³-hybridized carbons (Fsp3) is 0.533. The molecular weight excluding hydrogens is 272 g/mol. The minimum Gasteiger partial charge on any atom is -0.305 e. The summed E-state index contributed by atoms with van der Waals surface area (Å²) in [6.45, 7) is 5.33. The van der Waals surface area contributed by atoms with Gasteiger partial charge in [0.1, 0.15) is 5.65 Å². The van der Waals surface area contributed by atoms with E-state index in [1.165, 1.54) is 19.3 Å². The molecule has 20 heavy (non-hydrogen) atoms. The zero-order valence-electron chi connectivity index (χ0n) is 12.0. The van der Waals surface area contributed by atoms with E-state index in [1.54, 1.807) is 0 Å². The van der Waals surface area contributed by atoms with Gasteiger partial charge in [0.15, 0.2) is 0 Å². The Morgan fingerprint density at radius 2 is 2.00 bits per heavy atom. The van der Waals surface area contributed by atoms with E-state index in [0.717, 1.165) is 22.9 Å². The molecule has 1 aliphatic heterocycles. The largest absolute Gasteiger partial charge is 0.305 e. The predicted octanol–water partition coefficient (Wildman–Crippen LogP) is 3.26. The number of nitrogens with one attached hydrogen (secondary N) is 1. The summed E-state index contributed by atoms with van der Waals surface area (Å²) in [5.74, 6) is 0. The van der Waals surface area contributed by atoms with Crippen molar-refractivity contribution in [1.82, 2.24) is 19.8 Å². The molecule has 1 fully saturated rings. The lowest BCUT2D eigenvalue weighted by molar-refractivity contribution is 0.0432. The van der Waals surface area contributed by atoms with Crippen molar-refractivity contribution in [3.05, 3.63) is 35.2 Å². The zero-order valence-corrected chi connectivity index (χ0v) is 12.8. The summed E-state index contributed by atoms with van der Waals surface area (Å²) >= 11 is 5.99. The van der Waals surface area contributed by atoms with Crippen molar-refractivity contribution in [3.63, 3.8) is 0 Å². The number of fused-ring (bicyclic) bond motifs is 1. The quantitative estimate of drug-likeness (QED) is 0.942. The minimum atomic E-state index is 0.588. The number of aromatic nitrogens is 2. The van der Waals surface area contributed by atoms with Gasteiger partial charge in [-0.15, -0.1) is 0 Å². The maximum atomic E-state index is 5.99. The van der Waals surface area contributed by atoms with Gasteiger partial charge in [-0.2, -0.15) is 0 Å². The number of rotatable bonds is 3. The van der Waals surface area contributed by atoms with Gasteiger partial charge < -0.3 is 4.40 Å². The second kappa shape index (κ2) is 5.72. The Balaban J connectivity index is 1.70. The maximum absolute atomic E-state index is 5.99. The summed E-state index contributed by atoms with van der Waals surface area (Å²) in [4.78, 5) is 4.60. The molecule has 0 spiro atoms. The number of hydrogen-bond donors (Lipinski definition) is 1. The molecule has 3 heterocycles. The third kappa shape index (κ3) is 2.82. The van der Waals surface area contributed by atoms with Crippen LogP contribution in [0.15, 0.2) is 24.5 Å². The van der Waals surface area contributed by atoms with Crippen molar-refractivity contribution in [2.45, 2.75) is 51.7 Å². The van der Waals surface area contributed by atoms with Crippen molar-refractivity contribution in [3.8, 4) is 0 Å². The second-order valence-electron chi connectivity index (χ2n) is 5.72. The Morgan fingerprint density at radius 3 is 2.75 bits per heavy atom. The van der Waals surface area contributed by atoms with E-state index in [2.05, 4.69) is 29.3 Å². The zero-order chi connectivity index (χ0) is 14.1. The Kier molecular flexibility index (Phi) is 3.96. The lowest BCUT2D eigenvalue weighted by Crippen LogP contribution is -2.51. The molecule has 5 heteroatoms. The first-order valence-electron chi connectivity index (χ1n) is 7.28. The molecule has 0 bridgehead atoms. The highest BCUT2D eigenvalue weighted by molar-refractivity contribution is 6.30. The summed E-state index contributed by atoms with van der Waals surface area (Å²) in [6.07, 6.45) is 7.77. The molecule has 4 nitrogen and oxygen atoms in total. The first-order valence-corrected chi connectivity index (χ1v) is 7.66. The van der Waals surface area contributed by atoms with Gasteiger partial charge in [0.2, 0.25) is 0 Å². The molecule has 0 radical (unpaired) electrons. The van der Waals surface area contributed by atoms with Gasteiger partial charge in [0.25, 0.3) is 0 Å². The molecule has 1 aliphatic rings. The monoisotopic (exact) mass is 292 g/mol. The van der Waals surface area contributed by atoms with Crippen LogP contribution in [0.4, 0.5) is 0 Å². The van der Waals surface area contributed by atoms with Crippen LogP contribution in [0, 0.1) is 0 Å². The van der Waals surface area contributed by atoms with Crippen molar-refractivity contribution in [2.24, 2.45) is 0 Å². The van der Waals surface area contributed by atoms with Gasteiger partial charge in [0.05, 0.1) is 17.3 Å². The predicted molar refractivity (Wildman–Crippen MR) is 81.7 cm³/mol. The van der Waals surface area contributed by atoms with Crippen molar-refractivity contribution < 1.29 is 0 Å². The van der Waals surface area contributed by atoms with Gasteiger partial charge in [-0.05, 0) is 38.8 Å². The average Bonchev–Trinajstić information content (AvgIpc) is 2.80. The van der Waals surface area contributed by atoms with E-state index < -0.39 is 0 Å². The van der Waals surface area contributed by atoms with E-state index in [9.17, 15) is 0 Å². The summed E-state index contributed by atoms with van der Waals surface area (Å²) < 4.78 is 1.97. The third-order valence-corrected chi connectivity index (χ3v) is 4.32. The number of imidazole rings is 1. The van der Waals surface area contributed by atoms with Crippen molar-refractivity contribution >= 4 is 17.2 Å². The van der Waals surface area contributed by atoms with Crippen LogP contribution < -0.4 is 5.43 Å².